The molecule has 1 aliphatic carbocycles. The number of carbonyl (C=O) groups is 3. The van der Waals surface area contributed by atoms with Gasteiger partial charge >= 0.3 is 6.03 Å². The van der Waals surface area contributed by atoms with E-state index in [1.54, 1.807) is 30.3 Å². The predicted molar refractivity (Wildman–Crippen MR) is 165 cm³/mol. The van der Waals surface area contributed by atoms with Gasteiger partial charge in [-0.25, -0.2) is 14.8 Å². The zero-order valence-electron chi connectivity index (χ0n) is 25.1. The molecule has 1 spiro atoms. The Kier molecular flexibility index (Phi) is 6.39. The van der Waals surface area contributed by atoms with Crippen molar-refractivity contribution >= 4 is 35.5 Å². The third-order valence-electron chi connectivity index (χ3n) is 9.84. The van der Waals surface area contributed by atoms with Crippen molar-refractivity contribution in [2.24, 2.45) is 26.9 Å². The number of nitrogens with one attached hydrogen (secondary N) is 2. The van der Waals surface area contributed by atoms with Gasteiger partial charge in [0.05, 0.1) is 12.6 Å². The molecule has 4 atom stereocenters. The number of aryl methyl sites for hydroxylation is 1. The van der Waals surface area contributed by atoms with E-state index in [2.05, 4.69) is 34.5 Å². The number of amides is 4. The van der Waals surface area contributed by atoms with Crippen LogP contribution in [0.4, 0.5) is 10.5 Å². The average Bonchev–Trinajstić information content (AvgIpc) is 3.57. The zero-order valence-corrected chi connectivity index (χ0v) is 25.1. The molecule has 0 radical (unpaired) electrons. The monoisotopic (exact) mass is 615 g/mol. The SMILES string of the molecule is CC1(C)CCc2cccc(C(=O)NC3CN4C(N)=N[C@@H](CN5C(=O)CN(c6ccccc6)C5=O)[C@@H]5N=C(N)N[C@@]54C3(O)O)c2C1. The van der Waals surface area contributed by atoms with Crippen molar-refractivity contribution in [3.63, 3.8) is 0 Å². The fourth-order valence-corrected chi connectivity index (χ4v) is 7.52. The van der Waals surface area contributed by atoms with E-state index in [-0.39, 0.29) is 37.0 Å². The number of imide groups is 1. The maximum atomic E-state index is 13.8. The summed E-state index contributed by atoms with van der Waals surface area (Å²) in [5, 5.41) is 29.5. The normalized spacial score (nSPS) is 29.4. The van der Waals surface area contributed by atoms with E-state index < -0.39 is 47.4 Å². The van der Waals surface area contributed by atoms with E-state index in [1.165, 1.54) is 9.80 Å². The number of aliphatic hydroxyl groups is 2. The Morgan fingerprint density at radius 1 is 1.09 bits per heavy atom. The second-order valence-electron chi connectivity index (χ2n) is 13.3. The molecule has 1 unspecified atom stereocenters. The first-order valence-electron chi connectivity index (χ1n) is 15.1. The van der Waals surface area contributed by atoms with Crippen LogP contribution in [0.1, 0.15) is 41.8 Å². The number of fused-ring (bicyclic) bond motifs is 1. The summed E-state index contributed by atoms with van der Waals surface area (Å²) in [7, 11) is 0. The smallest absolute Gasteiger partial charge is 0.331 e. The maximum Gasteiger partial charge on any atom is 0.331 e. The van der Waals surface area contributed by atoms with E-state index >= 15 is 0 Å². The van der Waals surface area contributed by atoms with Crippen LogP contribution >= 0.6 is 0 Å². The molecule has 2 aromatic carbocycles. The van der Waals surface area contributed by atoms with Crippen molar-refractivity contribution in [1.29, 1.82) is 0 Å². The van der Waals surface area contributed by atoms with E-state index in [0.717, 1.165) is 35.3 Å². The van der Waals surface area contributed by atoms with Crippen molar-refractivity contribution < 1.29 is 24.6 Å². The van der Waals surface area contributed by atoms with Gasteiger partial charge in [0.25, 0.3) is 11.8 Å². The van der Waals surface area contributed by atoms with Gasteiger partial charge in [-0.05, 0) is 54.0 Å². The van der Waals surface area contributed by atoms with Gasteiger partial charge < -0.3 is 37.2 Å². The Morgan fingerprint density at radius 2 is 1.84 bits per heavy atom. The highest BCUT2D eigenvalue weighted by molar-refractivity contribution is 6.12. The number of rotatable bonds is 5. The first-order chi connectivity index (χ1) is 21.3. The molecule has 7 rings (SSSR count). The second kappa shape index (κ2) is 9.91. The predicted octanol–water partition coefficient (Wildman–Crippen LogP) is -0.555. The summed E-state index contributed by atoms with van der Waals surface area (Å²) in [5.74, 6) is -3.70. The van der Waals surface area contributed by atoms with Crippen LogP contribution in [0.2, 0.25) is 0 Å². The molecule has 5 aliphatic rings. The molecule has 14 heteroatoms. The summed E-state index contributed by atoms with van der Waals surface area (Å²) in [6.45, 7) is 3.85. The Bertz CT molecular complexity index is 1660. The Labute approximate surface area is 259 Å². The maximum absolute atomic E-state index is 13.8. The summed E-state index contributed by atoms with van der Waals surface area (Å²) in [6.07, 6.45) is 2.59. The number of carbonyl (C=O) groups excluding carboxylic acids is 3. The fourth-order valence-electron chi connectivity index (χ4n) is 7.52. The topological polar surface area (TPSA) is 202 Å². The van der Waals surface area contributed by atoms with Crippen LogP contribution in [-0.2, 0) is 17.6 Å². The Hall–Kier alpha value is -4.69. The zero-order chi connectivity index (χ0) is 31.9. The summed E-state index contributed by atoms with van der Waals surface area (Å²) in [5.41, 5.74) is 13.9. The van der Waals surface area contributed by atoms with Crippen molar-refractivity contribution in [3.05, 3.63) is 65.2 Å². The molecular weight excluding hydrogens is 578 g/mol. The van der Waals surface area contributed by atoms with E-state index in [9.17, 15) is 24.6 Å². The molecule has 0 bridgehead atoms. The molecule has 0 aromatic heterocycles. The highest BCUT2D eigenvalue weighted by Gasteiger charge is 2.73. The van der Waals surface area contributed by atoms with Gasteiger partial charge in [0.2, 0.25) is 5.79 Å². The molecule has 4 aliphatic heterocycles. The van der Waals surface area contributed by atoms with E-state index in [4.69, 9.17) is 11.5 Å². The number of hydrogen-bond donors (Lipinski definition) is 6. The molecule has 45 heavy (non-hydrogen) atoms. The van der Waals surface area contributed by atoms with Crippen molar-refractivity contribution in [1.82, 2.24) is 20.4 Å². The molecule has 8 N–H and O–H groups in total. The quantitative estimate of drug-likeness (QED) is 0.188. The first-order valence-corrected chi connectivity index (χ1v) is 15.1. The molecule has 14 nitrogen and oxygen atoms in total. The molecule has 2 fully saturated rings. The molecule has 4 heterocycles. The van der Waals surface area contributed by atoms with Gasteiger partial charge in [-0.1, -0.05) is 44.2 Å². The summed E-state index contributed by atoms with van der Waals surface area (Å²) < 4.78 is 0. The van der Waals surface area contributed by atoms with Crippen molar-refractivity contribution in [2.75, 3.05) is 24.5 Å². The molecule has 0 saturated carbocycles. The number of nitrogens with zero attached hydrogens (tertiary/aromatic N) is 5. The van der Waals surface area contributed by atoms with E-state index in [1.807, 2.05) is 18.2 Å². The number of aliphatic imine (C=N–C) groups is 2. The number of benzene rings is 2. The van der Waals surface area contributed by atoms with Gasteiger partial charge in [0.1, 0.15) is 18.6 Å². The third-order valence-corrected chi connectivity index (χ3v) is 9.84. The summed E-state index contributed by atoms with van der Waals surface area (Å²) in [4.78, 5) is 53.0. The number of para-hydroxylation sites is 1. The average molecular weight is 616 g/mol. The van der Waals surface area contributed by atoms with Crippen LogP contribution in [0, 0.1) is 5.41 Å². The Balaban J connectivity index is 1.16. The minimum absolute atomic E-state index is 0.0279. The minimum Gasteiger partial charge on any atom is -0.370 e. The number of anilines is 1. The third kappa shape index (κ3) is 4.34. The largest absolute Gasteiger partial charge is 0.370 e. The highest BCUT2D eigenvalue weighted by Crippen LogP contribution is 2.45. The number of urea groups is 1. The van der Waals surface area contributed by atoms with Crippen molar-refractivity contribution in [3.8, 4) is 0 Å². The van der Waals surface area contributed by atoms with Crippen molar-refractivity contribution in [2.45, 2.75) is 62.7 Å². The summed E-state index contributed by atoms with van der Waals surface area (Å²) in [6, 6.07) is 10.6. The van der Waals surface area contributed by atoms with Gasteiger partial charge in [0.15, 0.2) is 17.6 Å². The first kappa shape index (κ1) is 29.0. The van der Waals surface area contributed by atoms with Crippen LogP contribution in [-0.4, -0.2) is 99.0 Å². The Morgan fingerprint density at radius 3 is 2.60 bits per heavy atom. The van der Waals surface area contributed by atoms with Crippen LogP contribution < -0.4 is 27.0 Å². The van der Waals surface area contributed by atoms with Crippen LogP contribution in [0.25, 0.3) is 0 Å². The lowest BCUT2D eigenvalue weighted by molar-refractivity contribution is -0.230. The number of guanidine groups is 2. The van der Waals surface area contributed by atoms with Crippen LogP contribution in [0.15, 0.2) is 58.5 Å². The standard InChI is InChI=1S/C31H37N9O5/c1-29(2)12-11-17-7-6-10-19(20(17)13-29)25(42)35-22-15-40-27(33)34-21(24-30(40,31(22,44)45)37-26(32)36-24)14-39-23(41)16-38(28(39)43)18-8-4-3-5-9-18/h3-10,21-22,24,44-45H,11-16H2,1-2H3,(H2,33,34)(H,35,42)(H3,32,36,37)/t21-,22?,24-,30-/m0/s1. The molecule has 2 saturated heterocycles. The second-order valence-corrected chi connectivity index (χ2v) is 13.3. The number of hydrogen-bond acceptors (Lipinski definition) is 11. The van der Waals surface area contributed by atoms with Gasteiger partial charge in [-0.2, -0.15) is 0 Å². The van der Waals surface area contributed by atoms with Crippen LogP contribution in [0.5, 0.6) is 0 Å². The lowest BCUT2D eigenvalue weighted by Crippen LogP contribution is -2.78. The van der Waals surface area contributed by atoms with Crippen LogP contribution in [0.3, 0.4) is 0 Å². The molecule has 236 valence electrons. The molecule has 2 aromatic rings. The van der Waals surface area contributed by atoms with Gasteiger partial charge in [-0.15, -0.1) is 0 Å². The fraction of sp³-hybridized carbons (Fsp3) is 0.452. The molecule has 4 amide bonds. The van der Waals surface area contributed by atoms with E-state index in [0.29, 0.717) is 11.3 Å². The molecular formula is C31H37N9O5. The number of nitrogens with two attached hydrogens (primary N) is 2. The lowest BCUT2D eigenvalue weighted by Gasteiger charge is -2.49. The highest BCUT2D eigenvalue weighted by atomic mass is 16.5. The summed E-state index contributed by atoms with van der Waals surface area (Å²) >= 11 is 0. The van der Waals surface area contributed by atoms with Gasteiger partial charge in [0, 0.05) is 17.8 Å². The van der Waals surface area contributed by atoms with Gasteiger partial charge in [-0.3, -0.25) is 19.4 Å². The lowest BCUT2D eigenvalue weighted by atomic mass is 9.73. The minimum atomic E-state index is -2.65.